The quantitative estimate of drug-likeness (QED) is 0.0321. The Balaban J connectivity index is 3.36. The van der Waals surface area contributed by atoms with Crippen molar-refractivity contribution in [1.29, 1.82) is 0 Å². The van der Waals surface area contributed by atoms with Crippen molar-refractivity contribution in [2.45, 2.75) is 321 Å². The van der Waals surface area contributed by atoms with E-state index in [0.29, 0.717) is 25.9 Å². The molecule has 0 spiro atoms. The summed E-state index contributed by atoms with van der Waals surface area (Å²) >= 11 is 0. The molecular weight excluding hydrogens is 791 g/mol. The van der Waals surface area contributed by atoms with Gasteiger partial charge in [0, 0.05) is 12.8 Å². The van der Waals surface area contributed by atoms with Crippen molar-refractivity contribution < 1.29 is 24.5 Å². The number of esters is 1. The first-order chi connectivity index (χ1) is 31.5. The van der Waals surface area contributed by atoms with E-state index in [1.807, 2.05) is 0 Å². The Morgan fingerprint density at radius 3 is 1.22 bits per heavy atom. The fraction of sp³-hybridized carbons (Fsp3) is 0.897. The number of allylic oxidation sites excluding steroid dienone is 4. The Bertz CT molecular complexity index is 997. The summed E-state index contributed by atoms with van der Waals surface area (Å²) < 4.78 is 5.49. The maximum atomic E-state index is 12.4. The Labute approximate surface area is 399 Å². The minimum absolute atomic E-state index is 0.00523. The van der Waals surface area contributed by atoms with E-state index < -0.39 is 12.1 Å². The number of aliphatic hydroxyl groups is 2. The Morgan fingerprint density at radius 2 is 0.781 bits per heavy atom. The van der Waals surface area contributed by atoms with E-state index in [1.165, 1.54) is 225 Å². The van der Waals surface area contributed by atoms with Crippen LogP contribution < -0.4 is 5.32 Å². The first-order valence-corrected chi connectivity index (χ1v) is 28.6. The molecule has 0 heterocycles. The van der Waals surface area contributed by atoms with Gasteiger partial charge in [-0.05, 0) is 57.8 Å². The third-order valence-electron chi connectivity index (χ3n) is 13.3. The van der Waals surface area contributed by atoms with Crippen molar-refractivity contribution in [1.82, 2.24) is 5.32 Å². The van der Waals surface area contributed by atoms with Gasteiger partial charge in [0.2, 0.25) is 5.91 Å². The lowest BCUT2D eigenvalue weighted by Crippen LogP contribution is -2.45. The highest BCUT2D eigenvalue weighted by molar-refractivity contribution is 5.76. The van der Waals surface area contributed by atoms with Gasteiger partial charge in [-0.15, -0.1) is 0 Å². The van der Waals surface area contributed by atoms with Crippen LogP contribution in [-0.2, 0) is 14.3 Å². The number of ether oxygens (including phenoxy) is 1. The third-order valence-corrected chi connectivity index (χ3v) is 13.3. The fourth-order valence-electron chi connectivity index (χ4n) is 8.85. The van der Waals surface area contributed by atoms with Gasteiger partial charge in [0.1, 0.15) is 0 Å². The van der Waals surface area contributed by atoms with Crippen molar-refractivity contribution in [3.63, 3.8) is 0 Å². The summed E-state index contributed by atoms with van der Waals surface area (Å²) in [6.07, 6.45) is 64.6. The summed E-state index contributed by atoms with van der Waals surface area (Å²) in [7, 11) is 0. The molecule has 0 aromatic rings. The van der Waals surface area contributed by atoms with E-state index in [9.17, 15) is 19.8 Å². The standard InChI is InChI=1S/C58H111NO5/c1-3-5-7-9-11-13-14-15-16-17-19-23-26-29-32-36-40-44-48-52-58(63)64-53-49-45-41-37-33-30-27-24-21-18-20-22-25-28-31-35-39-43-47-51-57(62)59-55(54-60)56(61)50-46-42-38-34-12-10-8-6-4-2/h11,13,15-16,55-56,60-61H,3-10,12,14,17-54H2,1-2H3,(H,59,62)/b13-11-,16-15-. The summed E-state index contributed by atoms with van der Waals surface area (Å²) in [5.41, 5.74) is 0. The highest BCUT2D eigenvalue weighted by Gasteiger charge is 2.20. The number of aliphatic hydroxyl groups excluding tert-OH is 2. The highest BCUT2D eigenvalue weighted by atomic mass is 16.5. The summed E-state index contributed by atoms with van der Waals surface area (Å²) in [6.45, 7) is 4.91. The van der Waals surface area contributed by atoms with E-state index >= 15 is 0 Å². The van der Waals surface area contributed by atoms with Gasteiger partial charge in [0.05, 0.1) is 25.4 Å². The van der Waals surface area contributed by atoms with Crippen LogP contribution in [0, 0.1) is 0 Å². The smallest absolute Gasteiger partial charge is 0.305 e. The molecule has 2 unspecified atom stereocenters. The number of carbonyl (C=O) groups excluding carboxylic acids is 2. The number of hydrogen-bond acceptors (Lipinski definition) is 5. The molecule has 0 radical (unpaired) electrons. The van der Waals surface area contributed by atoms with Crippen LogP contribution in [0.4, 0.5) is 0 Å². The van der Waals surface area contributed by atoms with Crippen LogP contribution in [0.5, 0.6) is 0 Å². The Hall–Kier alpha value is -1.66. The lowest BCUT2D eigenvalue weighted by Gasteiger charge is -2.22. The lowest BCUT2D eigenvalue weighted by molar-refractivity contribution is -0.143. The predicted octanol–water partition coefficient (Wildman–Crippen LogP) is 17.5. The maximum absolute atomic E-state index is 12.4. The molecule has 3 N–H and O–H groups in total. The molecule has 0 aliphatic carbocycles. The molecule has 0 saturated carbocycles. The topological polar surface area (TPSA) is 95.9 Å². The van der Waals surface area contributed by atoms with Gasteiger partial charge in [-0.1, -0.05) is 263 Å². The van der Waals surface area contributed by atoms with Crippen LogP contribution in [0.3, 0.4) is 0 Å². The van der Waals surface area contributed by atoms with Gasteiger partial charge in [0.15, 0.2) is 0 Å². The predicted molar refractivity (Wildman–Crippen MR) is 278 cm³/mol. The van der Waals surface area contributed by atoms with Gasteiger partial charge in [-0.2, -0.15) is 0 Å². The zero-order chi connectivity index (χ0) is 46.5. The van der Waals surface area contributed by atoms with Crippen molar-refractivity contribution >= 4 is 11.9 Å². The zero-order valence-corrected chi connectivity index (χ0v) is 43.0. The molecule has 378 valence electrons. The molecule has 0 aromatic heterocycles. The average Bonchev–Trinajstić information content (AvgIpc) is 3.29. The minimum Gasteiger partial charge on any atom is -0.466 e. The van der Waals surface area contributed by atoms with E-state index in [1.54, 1.807) is 0 Å². The SMILES string of the molecule is CCCCC/C=C\C/C=C\CCCCCCCCCCCC(=O)OCCCCCCCCCCCCCCCCCCCCCC(=O)NC(CO)C(O)CCCCCCCCCCC. The molecule has 1 amide bonds. The molecule has 0 aromatic carbocycles. The molecule has 0 rings (SSSR count). The molecule has 2 atom stereocenters. The van der Waals surface area contributed by atoms with E-state index in [-0.39, 0.29) is 18.5 Å². The maximum Gasteiger partial charge on any atom is 0.305 e. The van der Waals surface area contributed by atoms with Gasteiger partial charge in [0.25, 0.3) is 0 Å². The fourth-order valence-corrected chi connectivity index (χ4v) is 8.85. The van der Waals surface area contributed by atoms with Crippen molar-refractivity contribution in [2.24, 2.45) is 0 Å². The minimum atomic E-state index is -0.664. The molecule has 6 nitrogen and oxygen atoms in total. The Morgan fingerprint density at radius 1 is 0.438 bits per heavy atom. The van der Waals surface area contributed by atoms with Gasteiger partial charge in [-0.25, -0.2) is 0 Å². The van der Waals surface area contributed by atoms with Crippen LogP contribution in [0.15, 0.2) is 24.3 Å². The number of nitrogens with one attached hydrogen (secondary N) is 1. The average molecular weight is 903 g/mol. The second-order valence-corrected chi connectivity index (χ2v) is 19.6. The van der Waals surface area contributed by atoms with Gasteiger partial charge >= 0.3 is 5.97 Å². The second-order valence-electron chi connectivity index (χ2n) is 19.6. The van der Waals surface area contributed by atoms with Crippen LogP contribution in [0.2, 0.25) is 0 Å². The van der Waals surface area contributed by atoms with Crippen molar-refractivity contribution in [3.8, 4) is 0 Å². The number of carbonyl (C=O) groups is 2. The molecular formula is C58H111NO5. The van der Waals surface area contributed by atoms with Crippen molar-refractivity contribution in [2.75, 3.05) is 13.2 Å². The largest absolute Gasteiger partial charge is 0.466 e. The van der Waals surface area contributed by atoms with E-state index in [4.69, 9.17) is 4.74 Å². The Kier molecular flexibility index (Phi) is 52.6. The van der Waals surface area contributed by atoms with E-state index in [0.717, 1.165) is 51.4 Å². The first-order valence-electron chi connectivity index (χ1n) is 28.6. The molecule has 0 bridgehead atoms. The molecule has 0 aliphatic heterocycles. The van der Waals surface area contributed by atoms with Gasteiger partial charge < -0.3 is 20.3 Å². The van der Waals surface area contributed by atoms with Crippen LogP contribution >= 0.6 is 0 Å². The normalized spacial score (nSPS) is 12.8. The summed E-state index contributed by atoms with van der Waals surface area (Å²) in [5.74, 6) is -0.0346. The molecule has 64 heavy (non-hydrogen) atoms. The number of amides is 1. The zero-order valence-electron chi connectivity index (χ0n) is 43.0. The number of rotatable bonds is 53. The van der Waals surface area contributed by atoms with Gasteiger partial charge in [-0.3, -0.25) is 9.59 Å². The molecule has 0 saturated heterocycles. The van der Waals surface area contributed by atoms with Crippen LogP contribution in [0.1, 0.15) is 309 Å². The molecule has 0 fully saturated rings. The third kappa shape index (κ3) is 49.8. The highest BCUT2D eigenvalue weighted by Crippen LogP contribution is 2.17. The second kappa shape index (κ2) is 54.0. The van der Waals surface area contributed by atoms with E-state index in [2.05, 4.69) is 43.5 Å². The molecule has 6 heteroatoms. The summed E-state index contributed by atoms with van der Waals surface area (Å²) in [5, 5.41) is 23.1. The number of unbranched alkanes of at least 4 members (excludes halogenated alkanes) is 38. The summed E-state index contributed by atoms with van der Waals surface area (Å²) in [4.78, 5) is 24.5. The number of hydrogen-bond donors (Lipinski definition) is 3. The summed E-state index contributed by atoms with van der Waals surface area (Å²) in [6, 6.07) is -0.541. The monoisotopic (exact) mass is 902 g/mol. The van der Waals surface area contributed by atoms with Crippen molar-refractivity contribution in [3.05, 3.63) is 24.3 Å². The van der Waals surface area contributed by atoms with Crippen LogP contribution in [-0.4, -0.2) is 47.4 Å². The molecule has 0 aliphatic rings. The first kappa shape index (κ1) is 62.3. The van der Waals surface area contributed by atoms with Crippen LogP contribution in [0.25, 0.3) is 0 Å². The lowest BCUT2D eigenvalue weighted by atomic mass is 10.0.